The first-order valence-electron chi connectivity index (χ1n) is 18.7. The van der Waals surface area contributed by atoms with Crippen molar-refractivity contribution in [3.63, 3.8) is 0 Å². The third-order valence-electron chi connectivity index (χ3n) is 13.7. The molecule has 0 radical (unpaired) electrons. The lowest BCUT2D eigenvalue weighted by molar-refractivity contribution is -0.00924. The van der Waals surface area contributed by atoms with Crippen molar-refractivity contribution in [3.8, 4) is 22.3 Å². The number of benzene rings is 6. The summed E-state index contributed by atoms with van der Waals surface area (Å²) in [6, 6.07) is 43.0. The van der Waals surface area contributed by atoms with Crippen molar-refractivity contribution in [2.45, 2.75) is 90.8 Å². The van der Waals surface area contributed by atoms with E-state index in [2.05, 4.69) is 157 Å². The monoisotopic (exact) mass is 654 g/mol. The summed E-state index contributed by atoms with van der Waals surface area (Å²) in [5, 5.41) is 6.93. The van der Waals surface area contributed by atoms with E-state index in [4.69, 9.17) is 0 Å². The Morgan fingerprint density at radius 1 is 0.612 bits per heavy atom. The van der Waals surface area contributed by atoms with E-state index in [1.165, 1.54) is 92.6 Å². The molecule has 6 aromatic rings. The van der Waals surface area contributed by atoms with Gasteiger partial charge in [0.1, 0.15) is 0 Å². The second kappa shape index (κ2) is 10.5. The molecule has 0 bridgehead atoms. The first-order chi connectivity index (χ1) is 23.4. The molecule has 0 amide bonds. The average Bonchev–Trinajstić information content (AvgIpc) is 3.32. The highest BCUT2D eigenvalue weighted by molar-refractivity contribution is 6.88. The topological polar surface area (TPSA) is 0 Å². The normalized spacial score (nSPS) is 23.9. The summed E-state index contributed by atoms with van der Waals surface area (Å²) in [7, 11) is -1.35. The van der Waals surface area contributed by atoms with Gasteiger partial charge >= 0.3 is 0 Å². The van der Waals surface area contributed by atoms with Gasteiger partial charge in [-0.2, -0.15) is 0 Å². The molecule has 0 aromatic heterocycles. The molecule has 3 unspecified atom stereocenters. The molecule has 1 saturated carbocycles. The van der Waals surface area contributed by atoms with Crippen LogP contribution >= 0.6 is 0 Å². The van der Waals surface area contributed by atoms with Gasteiger partial charge in [0, 0.05) is 11.3 Å². The van der Waals surface area contributed by atoms with Gasteiger partial charge in [0.2, 0.25) is 0 Å². The molecular formula is C48H50Si. The predicted molar refractivity (Wildman–Crippen MR) is 214 cm³/mol. The van der Waals surface area contributed by atoms with E-state index in [1.807, 2.05) is 0 Å². The van der Waals surface area contributed by atoms with Crippen LogP contribution in [-0.4, -0.2) is 8.07 Å². The van der Waals surface area contributed by atoms with E-state index in [0.29, 0.717) is 11.3 Å². The maximum absolute atomic E-state index is 2.63. The molecule has 9 rings (SSSR count). The summed E-state index contributed by atoms with van der Waals surface area (Å²) in [6.45, 7) is 17.5. The molecule has 246 valence electrons. The van der Waals surface area contributed by atoms with Crippen LogP contribution < -0.4 is 5.19 Å². The van der Waals surface area contributed by atoms with Gasteiger partial charge in [0.15, 0.2) is 0 Å². The second-order valence-electron chi connectivity index (χ2n) is 17.8. The van der Waals surface area contributed by atoms with Gasteiger partial charge in [0.25, 0.3) is 0 Å². The van der Waals surface area contributed by atoms with Crippen LogP contribution in [0.15, 0.2) is 109 Å². The van der Waals surface area contributed by atoms with Crippen molar-refractivity contribution in [1.29, 1.82) is 0 Å². The molecule has 0 spiro atoms. The van der Waals surface area contributed by atoms with Gasteiger partial charge in [-0.05, 0) is 108 Å². The third-order valence-corrected chi connectivity index (χ3v) is 15.8. The minimum absolute atomic E-state index is 0.0563. The van der Waals surface area contributed by atoms with Crippen LogP contribution in [0.4, 0.5) is 0 Å². The predicted octanol–water partition coefficient (Wildman–Crippen LogP) is 12.8. The summed E-state index contributed by atoms with van der Waals surface area (Å²) >= 11 is 0. The summed E-state index contributed by atoms with van der Waals surface area (Å²) in [5.41, 5.74) is 13.6. The van der Waals surface area contributed by atoms with Gasteiger partial charge < -0.3 is 0 Å². The fourth-order valence-electron chi connectivity index (χ4n) is 10.6. The summed E-state index contributed by atoms with van der Waals surface area (Å²) in [5.74, 6) is 0.434. The Balaban J connectivity index is 1.16. The van der Waals surface area contributed by atoms with Crippen molar-refractivity contribution < 1.29 is 0 Å². The lowest BCUT2D eigenvalue weighted by atomic mass is 9.46. The third kappa shape index (κ3) is 4.47. The SMILES string of the molecule is CC1(C)c2cc(-c3ccc4c(c3)CC3(C)CCCCC3(C)C4c3ccc([Si](C)(C)C)cc3)ccc2-c2c1ccc1c2ccc2ccccc21. The first kappa shape index (κ1) is 31.1. The molecule has 1 heteroatoms. The maximum atomic E-state index is 2.63. The van der Waals surface area contributed by atoms with Crippen molar-refractivity contribution in [2.24, 2.45) is 10.8 Å². The van der Waals surface area contributed by atoms with Crippen LogP contribution in [0.2, 0.25) is 19.6 Å². The maximum Gasteiger partial charge on any atom is 0.0775 e. The minimum atomic E-state index is -1.35. The Hall–Kier alpha value is -3.94. The van der Waals surface area contributed by atoms with Crippen molar-refractivity contribution in [2.75, 3.05) is 0 Å². The lowest BCUT2D eigenvalue weighted by Crippen LogP contribution is -2.49. The molecule has 3 atom stereocenters. The zero-order valence-electron chi connectivity index (χ0n) is 30.5. The standard InChI is InChI=1S/C48H50Si/c1-46(2)42-25-24-39-37-13-9-8-12-31(37)16-22-40(39)44(42)41-23-18-34(29-43(41)46)33-17-21-38-35(28-33)30-47(3)26-10-11-27-48(47,4)45(38)32-14-19-36(20-15-32)49(5,6)7/h8-9,12-25,28-29,45H,10-11,26-27,30H2,1-7H3. The molecule has 0 N–H and O–H groups in total. The molecule has 0 heterocycles. The van der Waals surface area contributed by atoms with Gasteiger partial charge in [0.05, 0.1) is 8.07 Å². The van der Waals surface area contributed by atoms with Crippen LogP contribution in [0, 0.1) is 10.8 Å². The number of rotatable bonds is 3. The van der Waals surface area contributed by atoms with Gasteiger partial charge in [-0.25, -0.2) is 0 Å². The Morgan fingerprint density at radius 3 is 2.12 bits per heavy atom. The molecule has 6 aromatic carbocycles. The van der Waals surface area contributed by atoms with Crippen molar-refractivity contribution in [1.82, 2.24) is 0 Å². The molecule has 3 aliphatic carbocycles. The van der Waals surface area contributed by atoms with E-state index in [1.54, 1.807) is 16.3 Å². The summed E-state index contributed by atoms with van der Waals surface area (Å²) in [6.07, 6.45) is 6.52. The molecule has 0 aliphatic heterocycles. The quantitative estimate of drug-likeness (QED) is 0.132. The Morgan fingerprint density at radius 2 is 1.33 bits per heavy atom. The number of hydrogen-bond acceptors (Lipinski definition) is 0. The highest BCUT2D eigenvalue weighted by Crippen LogP contribution is 2.64. The molecule has 1 fully saturated rings. The fourth-order valence-corrected chi connectivity index (χ4v) is 11.8. The number of hydrogen-bond donors (Lipinski definition) is 0. The number of fused-ring (bicyclic) bond motifs is 9. The molecule has 3 aliphatic rings. The van der Waals surface area contributed by atoms with E-state index < -0.39 is 8.07 Å². The molecule has 0 saturated heterocycles. The first-order valence-corrected chi connectivity index (χ1v) is 22.2. The highest BCUT2D eigenvalue weighted by Gasteiger charge is 2.54. The van der Waals surface area contributed by atoms with E-state index in [0.717, 1.165) is 0 Å². The van der Waals surface area contributed by atoms with Crippen LogP contribution in [-0.2, 0) is 11.8 Å². The fraction of sp³-hybridized carbons (Fsp3) is 0.333. The second-order valence-corrected chi connectivity index (χ2v) is 22.9. The zero-order valence-corrected chi connectivity index (χ0v) is 31.5. The highest BCUT2D eigenvalue weighted by atomic mass is 28.3. The van der Waals surface area contributed by atoms with Gasteiger partial charge in [-0.1, -0.05) is 168 Å². The Kier molecular flexibility index (Phi) is 6.68. The molecule has 49 heavy (non-hydrogen) atoms. The van der Waals surface area contributed by atoms with Gasteiger partial charge in [-0.15, -0.1) is 0 Å². The largest absolute Gasteiger partial charge is 0.0775 e. The minimum Gasteiger partial charge on any atom is -0.0656 e. The molecule has 0 nitrogen and oxygen atoms in total. The van der Waals surface area contributed by atoms with Crippen molar-refractivity contribution >= 4 is 34.8 Å². The van der Waals surface area contributed by atoms with Crippen LogP contribution in [0.5, 0.6) is 0 Å². The van der Waals surface area contributed by atoms with Crippen LogP contribution in [0.1, 0.15) is 87.1 Å². The molecular weight excluding hydrogens is 605 g/mol. The summed E-state index contributed by atoms with van der Waals surface area (Å²) < 4.78 is 0. The zero-order chi connectivity index (χ0) is 33.9. The average molecular weight is 655 g/mol. The van der Waals surface area contributed by atoms with Gasteiger partial charge in [-0.3, -0.25) is 0 Å². The Labute approximate surface area is 294 Å². The smallest absolute Gasteiger partial charge is 0.0656 e. The Bertz CT molecular complexity index is 2300. The van der Waals surface area contributed by atoms with E-state index in [-0.39, 0.29) is 10.8 Å². The van der Waals surface area contributed by atoms with Crippen LogP contribution in [0.3, 0.4) is 0 Å². The van der Waals surface area contributed by atoms with Crippen molar-refractivity contribution in [3.05, 3.63) is 137 Å². The van der Waals surface area contributed by atoms with E-state index >= 15 is 0 Å². The summed E-state index contributed by atoms with van der Waals surface area (Å²) in [4.78, 5) is 0. The van der Waals surface area contributed by atoms with Crippen LogP contribution in [0.25, 0.3) is 43.8 Å². The lowest BCUT2D eigenvalue weighted by Gasteiger charge is -2.58. The van der Waals surface area contributed by atoms with E-state index in [9.17, 15) is 0 Å².